The van der Waals surface area contributed by atoms with Crippen LogP contribution in [-0.2, 0) is 36.9 Å². The van der Waals surface area contributed by atoms with Crippen molar-refractivity contribution in [3.63, 3.8) is 0 Å². The van der Waals surface area contributed by atoms with Gasteiger partial charge in [-0.25, -0.2) is 0 Å². The van der Waals surface area contributed by atoms with Crippen LogP contribution in [0.15, 0.2) is 24.3 Å². The topological polar surface area (TPSA) is 128 Å². The zero-order valence-electron chi connectivity index (χ0n) is 19.4. The second kappa shape index (κ2) is 19.3. The predicted octanol–water partition coefficient (Wildman–Crippen LogP) is -1.79. The first-order valence-corrected chi connectivity index (χ1v) is 10.5. The van der Waals surface area contributed by atoms with Gasteiger partial charge in [-0.1, -0.05) is 36.8 Å². The molecule has 0 bridgehead atoms. The third-order valence-corrected chi connectivity index (χ3v) is 4.27. The summed E-state index contributed by atoms with van der Waals surface area (Å²) in [7, 11) is 1.55. The van der Waals surface area contributed by atoms with Crippen molar-refractivity contribution >= 4 is 23.6 Å². The SMILES string of the molecule is CCCNC(=O)CCCOCC(=O)[N-]Cc1ccc(CC(=O)NCCC(=O)NC)cc1.[Rb+]. The maximum Gasteiger partial charge on any atom is 1.00 e. The van der Waals surface area contributed by atoms with Gasteiger partial charge in [0, 0.05) is 39.6 Å². The summed E-state index contributed by atoms with van der Waals surface area (Å²) in [4.78, 5) is 46.2. The van der Waals surface area contributed by atoms with Crippen LogP contribution in [-0.4, -0.2) is 57.0 Å². The molecule has 1 rings (SSSR count). The number of nitrogens with one attached hydrogen (secondary N) is 3. The molecule has 32 heavy (non-hydrogen) atoms. The zero-order chi connectivity index (χ0) is 22.9. The summed E-state index contributed by atoms with van der Waals surface area (Å²) >= 11 is 0. The summed E-state index contributed by atoms with van der Waals surface area (Å²) in [5, 5.41) is 11.9. The molecule has 0 aliphatic carbocycles. The van der Waals surface area contributed by atoms with Crippen molar-refractivity contribution in [2.24, 2.45) is 0 Å². The molecule has 1 aromatic carbocycles. The molecule has 3 N–H and O–H groups in total. The molecule has 0 heterocycles. The standard InChI is InChI=1S/C22H34N4O5.Rb/c1-3-11-24-20(28)5-4-13-31-16-22(30)26-15-18-8-6-17(7-9-18)14-21(29)25-12-10-19(27)23-2;/h6-9H,3-5,10-16H2,1-2H3,(H4,23,24,25,26,27,28,29,30);/q;+1/p-1. The van der Waals surface area contributed by atoms with Crippen LogP contribution < -0.4 is 74.1 Å². The number of carbonyl (C=O) groups is 4. The fourth-order valence-electron chi connectivity index (χ4n) is 2.52. The Balaban J connectivity index is 0.00000961. The Kier molecular flexibility index (Phi) is 18.7. The smallest absolute Gasteiger partial charge is 0.648 e. The summed E-state index contributed by atoms with van der Waals surface area (Å²) in [5.74, 6) is -0.638. The van der Waals surface area contributed by atoms with Crippen molar-refractivity contribution in [3.8, 4) is 0 Å². The Hall–Kier alpha value is -1.13. The van der Waals surface area contributed by atoms with E-state index in [1.165, 1.54) is 0 Å². The molecular weight excluding hydrogens is 486 g/mol. The number of nitrogens with zero attached hydrogens (tertiary/aromatic N) is 1. The van der Waals surface area contributed by atoms with E-state index in [0.717, 1.165) is 17.5 Å². The first-order valence-electron chi connectivity index (χ1n) is 10.5. The van der Waals surface area contributed by atoms with E-state index in [-0.39, 0.29) is 108 Å². The van der Waals surface area contributed by atoms with Crippen LogP contribution in [0.3, 0.4) is 0 Å². The minimum Gasteiger partial charge on any atom is -0.648 e. The number of carbonyl (C=O) groups excluding carboxylic acids is 4. The monoisotopic (exact) mass is 518 g/mol. The number of ether oxygens (including phenoxy) is 1. The molecule has 10 heteroatoms. The van der Waals surface area contributed by atoms with Gasteiger partial charge in [0.1, 0.15) is 0 Å². The quantitative estimate of drug-likeness (QED) is 0.236. The molecule has 0 aromatic heterocycles. The van der Waals surface area contributed by atoms with Crippen LogP contribution in [0, 0.1) is 0 Å². The number of hydrogen-bond donors (Lipinski definition) is 3. The van der Waals surface area contributed by atoms with E-state index >= 15 is 0 Å². The Labute approximate surface area is 239 Å². The van der Waals surface area contributed by atoms with Crippen molar-refractivity contribution in [3.05, 3.63) is 40.7 Å². The summed E-state index contributed by atoms with van der Waals surface area (Å²) in [5.41, 5.74) is 1.68. The molecule has 1 aromatic rings. The van der Waals surface area contributed by atoms with Gasteiger partial charge < -0.3 is 30.8 Å². The molecule has 0 aliphatic rings. The number of amides is 4. The third kappa shape index (κ3) is 15.6. The summed E-state index contributed by atoms with van der Waals surface area (Å²) in [6.45, 7) is 3.42. The molecule has 0 atom stereocenters. The Morgan fingerprint density at radius 3 is 2.22 bits per heavy atom. The van der Waals surface area contributed by atoms with Crippen molar-refractivity contribution in [2.45, 2.75) is 45.6 Å². The maximum atomic E-state index is 11.9. The Bertz CT molecular complexity index is 713. The average Bonchev–Trinajstić information content (AvgIpc) is 2.76. The van der Waals surface area contributed by atoms with E-state index in [0.29, 0.717) is 32.5 Å². The van der Waals surface area contributed by atoms with Gasteiger partial charge in [0.15, 0.2) is 0 Å². The molecule has 9 nitrogen and oxygen atoms in total. The van der Waals surface area contributed by atoms with Gasteiger partial charge in [-0.05, 0) is 18.4 Å². The molecule has 0 saturated heterocycles. The van der Waals surface area contributed by atoms with Crippen molar-refractivity contribution in [2.75, 3.05) is 33.4 Å². The molecule has 0 radical (unpaired) electrons. The molecule has 0 unspecified atom stereocenters. The molecule has 0 saturated carbocycles. The van der Waals surface area contributed by atoms with Crippen LogP contribution in [0.4, 0.5) is 0 Å². The van der Waals surface area contributed by atoms with E-state index in [1.807, 2.05) is 31.2 Å². The largest absolute Gasteiger partial charge is 1.00 e. The third-order valence-electron chi connectivity index (χ3n) is 4.27. The Morgan fingerprint density at radius 1 is 0.906 bits per heavy atom. The van der Waals surface area contributed by atoms with Crippen LogP contribution in [0.5, 0.6) is 0 Å². The van der Waals surface area contributed by atoms with Gasteiger partial charge in [-0.3, -0.25) is 14.4 Å². The van der Waals surface area contributed by atoms with Gasteiger partial charge in [-0.2, -0.15) is 0 Å². The molecule has 4 amide bonds. The first kappa shape index (κ1) is 30.9. The van der Waals surface area contributed by atoms with Crippen LogP contribution in [0.2, 0.25) is 0 Å². The van der Waals surface area contributed by atoms with Crippen LogP contribution in [0.1, 0.15) is 43.7 Å². The minimum atomic E-state index is -0.352. The van der Waals surface area contributed by atoms with Crippen LogP contribution in [0.25, 0.3) is 5.32 Å². The summed E-state index contributed by atoms with van der Waals surface area (Å²) < 4.78 is 5.26. The normalized spacial score (nSPS) is 9.94. The van der Waals surface area contributed by atoms with Crippen molar-refractivity contribution < 1.29 is 82.1 Å². The van der Waals surface area contributed by atoms with Crippen molar-refractivity contribution in [1.29, 1.82) is 0 Å². The minimum absolute atomic E-state index is 0. The summed E-state index contributed by atoms with van der Waals surface area (Å²) in [6, 6.07) is 7.26. The molecule has 0 aliphatic heterocycles. The maximum absolute atomic E-state index is 11.9. The van der Waals surface area contributed by atoms with Gasteiger partial charge in [0.05, 0.1) is 18.9 Å². The van der Waals surface area contributed by atoms with Gasteiger partial charge in [0.25, 0.3) is 0 Å². The fourth-order valence-corrected chi connectivity index (χ4v) is 2.52. The van der Waals surface area contributed by atoms with E-state index < -0.39 is 0 Å². The second-order valence-electron chi connectivity index (χ2n) is 6.98. The Morgan fingerprint density at radius 2 is 1.56 bits per heavy atom. The number of benzene rings is 1. The van der Waals surface area contributed by atoms with E-state index in [4.69, 9.17) is 4.74 Å². The average molecular weight is 519 g/mol. The van der Waals surface area contributed by atoms with Gasteiger partial charge in [-0.15, -0.1) is 6.54 Å². The summed E-state index contributed by atoms with van der Waals surface area (Å²) in [6.07, 6.45) is 2.30. The van der Waals surface area contributed by atoms with Gasteiger partial charge >= 0.3 is 58.2 Å². The van der Waals surface area contributed by atoms with Crippen molar-refractivity contribution in [1.82, 2.24) is 16.0 Å². The zero-order valence-corrected chi connectivity index (χ0v) is 24.3. The molecule has 0 spiro atoms. The molecule has 0 fully saturated rings. The number of hydrogen-bond acceptors (Lipinski definition) is 5. The predicted molar refractivity (Wildman–Crippen MR) is 117 cm³/mol. The number of rotatable bonds is 15. The first-order chi connectivity index (χ1) is 14.9. The second-order valence-corrected chi connectivity index (χ2v) is 6.98. The molecular formula is C22H33N4O5Rb. The molecule has 172 valence electrons. The van der Waals surface area contributed by atoms with E-state index in [2.05, 4.69) is 21.3 Å². The van der Waals surface area contributed by atoms with E-state index in [1.54, 1.807) is 7.05 Å². The van der Waals surface area contributed by atoms with Crippen LogP contribution >= 0.6 is 0 Å². The van der Waals surface area contributed by atoms with Gasteiger partial charge in [0.2, 0.25) is 17.7 Å². The van der Waals surface area contributed by atoms with E-state index in [9.17, 15) is 19.2 Å². The fraction of sp³-hybridized carbons (Fsp3) is 0.545.